The van der Waals surface area contributed by atoms with Crippen LogP contribution in [-0.2, 0) is 15.9 Å². The van der Waals surface area contributed by atoms with Crippen molar-refractivity contribution in [3.63, 3.8) is 0 Å². The molecule has 0 aliphatic heterocycles. The molecular weight excluding hydrogens is 393 g/mol. The van der Waals surface area contributed by atoms with Gasteiger partial charge in [0, 0.05) is 28.3 Å². The van der Waals surface area contributed by atoms with E-state index in [1.54, 1.807) is 25.1 Å². The highest BCUT2D eigenvalue weighted by atomic mass is 32.2. The first-order valence-electron chi connectivity index (χ1n) is 8.04. The molecule has 0 saturated carbocycles. The van der Waals surface area contributed by atoms with Crippen LogP contribution in [0.25, 0.3) is 11.3 Å². The maximum Gasteiger partial charge on any atom is 0.416 e. The minimum Gasteiger partial charge on any atom is -0.361 e. The number of rotatable bonds is 3. The second-order valence-corrected chi connectivity index (χ2v) is 8.38. The fourth-order valence-electron chi connectivity index (χ4n) is 2.45. The lowest BCUT2D eigenvalue weighted by Gasteiger charge is -2.08. The van der Waals surface area contributed by atoms with Crippen LogP contribution in [0, 0.1) is 6.92 Å². The minimum absolute atomic E-state index is 0.0449. The van der Waals surface area contributed by atoms with Gasteiger partial charge in [-0.3, -0.25) is 4.79 Å². The van der Waals surface area contributed by atoms with E-state index in [1.165, 1.54) is 18.4 Å². The van der Waals surface area contributed by atoms with Crippen LogP contribution in [0.5, 0.6) is 0 Å². The van der Waals surface area contributed by atoms with Crippen LogP contribution in [-0.4, -0.2) is 21.5 Å². The van der Waals surface area contributed by atoms with E-state index in [0.717, 1.165) is 29.8 Å². The molecule has 2 aromatic carbocycles. The van der Waals surface area contributed by atoms with E-state index in [2.05, 4.69) is 9.52 Å². The fraction of sp³-hybridized carbons (Fsp3) is 0.158. The highest BCUT2D eigenvalue weighted by Gasteiger charge is 2.30. The van der Waals surface area contributed by atoms with Gasteiger partial charge in [-0.25, -0.2) is 4.21 Å². The van der Waals surface area contributed by atoms with Crippen molar-refractivity contribution in [1.82, 2.24) is 5.16 Å². The van der Waals surface area contributed by atoms with E-state index in [-0.39, 0.29) is 10.5 Å². The Morgan fingerprint density at radius 3 is 2.18 bits per heavy atom. The van der Waals surface area contributed by atoms with Crippen LogP contribution in [0.4, 0.5) is 13.2 Å². The molecule has 0 saturated heterocycles. The van der Waals surface area contributed by atoms with Crippen LogP contribution in [0.1, 0.15) is 21.7 Å². The Balaban J connectivity index is 1.85. The molecule has 0 aliphatic rings. The molecule has 1 aromatic heterocycles. The molecule has 3 rings (SSSR count). The topological polar surface area (TPSA) is 72.5 Å². The number of carbonyl (C=O) groups is 1. The standard InChI is InChI=1S/C19H15F3N2O3S/c1-12-11-17(23-27-12)13-3-5-14(6-4-13)18(25)24-28(2,26)16-9-7-15(8-10-16)19(20,21)22/h3-11H,1-2H3. The quantitative estimate of drug-likeness (QED) is 0.614. The molecule has 0 radical (unpaired) electrons. The second kappa shape index (κ2) is 7.23. The molecular formula is C19H15F3N2O3S. The highest BCUT2D eigenvalue weighted by Crippen LogP contribution is 2.30. The summed E-state index contributed by atoms with van der Waals surface area (Å²) in [5.41, 5.74) is 0.674. The van der Waals surface area contributed by atoms with Crippen molar-refractivity contribution in [2.24, 2.45) is 4.36 Å². The van der Waals surface area contributed by atoms with Gasteiger partial charge in [0.1, 0.15) is 11.5 Å². The summed E-state index contributed by atoms with van der Waals surface area (Å²) in [5, 5.41) is 3.87. The number of nitrogens with zero attached hydrogens (tertiary/aromatic N) is 2. The zero-order valence-electron chi connectivity index (χ0n) is 14.9. The molecule has 9 heteroatoms. The molecule has 0 fully saturated rings. The third kappa shape index (κ3) is 4.30. The SMILES string of the molecule is Cc1cc(-c2ccc(C(=O)N=S(C)(=O)c3ccc(C(F)(F)F)cc3)cc2)no1. The van der Waals surface area contributed by atoms with Gasteiger partial charge in [-0.2, -0.15) is 17.5 Å². The van der Waals surface area contributed by atoms with Crippen molar-refractivity contribution in [2.75, 3.05) is 6.26 Å². The first kappa shape index (κ1) is 19.8. The van der Waals surface area contributed by atoms with Gasteiger partial charge in [-0.15, -0.1) is 0 Å². The molecule has 3 aromatic rings. The molecule has 0 spiro atoms. The average Bonchev–Trinajstić information content (AvgIpc) is 3.07. The second-order valence-electron chi connectivity index (χ2n) is 6.12. The number of aromatic nitrogens is 1. The molecule has 0 bridgehead atoms. The number of amides is 1. The van der Waals surface area contributed by atoms with Crippen molar-refractivity contribution < 1.29 is 26.7 Å². The van der Waals surface area contributed by atoms with Gasteiger partial charge >= 0.3 is 6.18 Å². The fourth-order valence-corrected chi connectivity index (χ4v) is 3.61. The normalized spacial score (nSPS) is 13.8. The summed E-state index contributed by atoms with van der Waals surface area (Å²) in [6, 6.07) is 11.8. The molecule has 1 unspecified atom stereocenters. The molecule has 5 nitrogen and oxygen atoms in total. The van der Waals surface area contributed by atoms with E-state index >= 15 is 0 Å². The van der Waals surface area contributed by atoms with Crippen LogP contribution in [0.3, 0.4) is 0 Å². The maximum absolute atomic E-state index is 12.7. The third-order valence-corrected chi connectivity index (χ3v) is 5.59. The van der Waals surface area contributed by atoms with Crippen LogP contribution >= 0.6 is 0 Å². The largest absolute Gasteiger partial charge is 0.416 e. The van der Waals surface area contributed by atoms with Gasteiger partial charge < -0.3 is 4.52 Å². The molecule has 0 N–H and O–H groups in total. The molecule has 1 amide bonds. The van der Waals surface area contributed by atoms with Gasteiger partial charge in [0.15, 0.2) is 0 Å². The predicted molar refractivity (Wildman–Crippen MR) is 97.2 cm³/mol. The number of benzene rings is 2. The van der Waals surface area contributed by atoms with Crippen LogP contribution < -0.4 is 0 Å². The van der Waals surface area contributed by atoms with Crippen molar-refractivity contribution in [1.29, 1.82) is 0 Å². The molecule has 28 heavy (non-hydrogen) atoms. The monoisotopic (exact) mass is 408 g/mol. The summed E-state index contributed by atoms with van der Waals surface area (Å²) in [5.74, 6) is -0.0808. The van der Waals surface area contributed by atoms with Gasteiger partial charge in [-0.05, 0) is 43.3 Å². The van der Waals surface area contributed by atoms with Crippen LogP contribution in [0.15, 0.2) is 68.4 Å². The number of alkyl halides is 3. The number of hydrogen-bond donors (Lipinski definition) is 0. The summed E-state index contributed by atoms with van der Waals surface area (Å²) in [6.45, 7) is 1.76. The Hall–Kier alpha value is -2.94. The summed E-state index contributed by atoms with van der Waals surface area (Å²) < 4.78 is 59.4. The lowest BCUT2D eigenvalue weighted by Crippen LogP contribution is -2.07. The van der Waals surface area contributed by atoms with E-state index in [0.29, 0.717) is 11.5 Å². The Morgan fingerprint density at radius 1 is 1.07 bits per heavy atom. The Labute approximate surface area is 159 Å². The summed E-state index contributed by atoms with van der Waals surface area (Å²) >= 11 is 0. The Kier molecular flexibility index (Phi) is 5.12. The van der Waals surface area contributed by atoms with E-state index < -0.39 is 27.4 Å². The summed E-state index contributed by atoms with van der Waals surface area (Å²) in [7, 11) is -3.20. The number of carbonyl (C=O) groups excluding carboxylic acids is 1. The predicted octanol–water partition coefficient (Wildman–Crippen LogP) is 4.97. The van der Waals surface area contributed by atoms with Crippen molar-refractivity contribution >= 4 is 15.6 Å². The van der Waals surface area contributed by atoms with Crippen LogP contribution in [0.2, 0.25) is 0 Å². The van der Waals surface area contributed by atoms with Crippen molar-refractivity contribution in [3.05, 3.63) is 71.5 Å². The van der Waals surface area contributed by atoms with Gasteiger partial charge in [0.25, 0.3) is 5.91 Å². The van der Waals surface area contributed by atoms with Gasteiger partial charge in [0.2, 0.25) is 0 Å². The smallest absolute Gasteiger partial charge is 0.361 e. The molecule has 1 atom stereocenters. The van der Waals surface area contributed by atoms with Crippen molar-refractivity contribution in [2.45, 2.75) is 18.0 Å². The van der Waals surface area contributed by atoms with E-state index in [1.807, 2.05) is 0 Å². The first-order valence-corrected chi connectivity index (χ1v) is 9.96. The Bertz CT molecular complexity index is 1120. The van der Waals surface area contributed by atoms with Gasteiger partial charge in [-0.1, -0.05) is 17.3 Å². The maximum atomic E-state index is 12.7. The Morgan fingerprint density at radius 2 is 1.68 bits per heavy atom. The third-order valence-electron chi connectivity index (χ3n) is 3.93. The lowest BCUT2D eigenvalue weighted by atomic mass is 10.1. The zero-order chi connectivity index (χ0) is 20.5. The molecule has 0 aliphatic carbocycles. The summed E-state index contributed by atoms with van der Waals surface area (Å²) in [6.07, 6.45) is -3.29. The highest BCUT2D eigenvalue weighted by molar-refractivity contribution is 7.93. The zero-order valence-corrected chi connectivity index (χ0v) is 15.7. The lowest BCUT2D eigenvalue weighted by molar-refractivity contribution is -0.137. The van der Waals surface area contributed by atoms with E-state index in [4.69, 9.17) is 4.52 Å². The minimum atomic E-state index is -4.50. The van der Waals surface area contributed by atoms with Crippen molar-refractivity contribution in [3.8, 4) is 11.3 Å². The van der Waals surface area contributed by atoms with Gasteiger partial charge in [0.05, 0.1) is 15.3 Å². The average molecular weight is 408 g/mol. The summed E-state index contributed by atoms with van der Waals surface area (Å²) in [4.78, 5) is 12.4. The number of hydrogen-bond acceptors (Lipinski definition) is 4. The molecule has 1 heterocycles. The molecule has 146 valence electrons. The number of halogens is 3. The first-order chi connectivity index (χ1) is 13.1. The van der Waals surface area contributed by atoms with E-state index in [9.17, 15) is 22.2 Å². The number of aryl methyl sites for hydroxylation is 1.